The van der Waals surface area contributed by atoms with Crippen LogP contribution in [0.1, 0.15) is 22.3 Å². The molecule has 0 atom stereocenters. The van der Waals surface area contributed by atoms with Crippen molar-refractivity contribution in [3.63, 3.8) is 0 Å². The van der Waals surface area contributed by atoms with Gasteiger partial charge in [-0.3, -0.25) is 0 Å². The van der Waals surface area contributed by atoms with Crippen molar-refractivity contribution in [3.8, 4) is 61.3 Å². The van der Waals surface area contributed by atoms with E-state index >= 15 is 0 Å². The molecule has 1 nitrogen and oxygen atoms in total. The van der Waals surface area contributed by atoms with Crippen LogP contribution in [-0.2, 0) is 5.41 Å². The predicted molar refractivity (Wildman–Crippen MR) is 286 cm³/mol. The normalized spacial score (nSPS) is 13.1. The second-order valence-electron chi connectivity index (χ2n) is 18.7. The zero-order valence-electron chi connectivity index (χ0n) is 37.1. The van der Waals surface area contributed by atoms with Gasteiger partial charge in [0.25, 0.3) is 0 Å². The highest BCUT2D eigenvalue weighted by Gasteiger charge is 2.51. The van der Waals surface area contributed by atoms with Crippen LogP contribution in [0.25, 0.3) is 115 Å². The van der Waals surface area contributed by atoms with Crippen molar-refractivity contribution in [1.29, 1.82) is 0 Å². The van der Waals surface area contributed by atoms with E-state index in [0.717, 1.165) is 5.69 Å². The molecule has 314 valence electrons. The monoisotopic (exact) mass is 859 g/mol. The zero-order chi connectivity index (χ0) is 44.5. The third kappa shape index (κ3) is 5.05. The Morgan fingerprint density at radius 3 is 1.32 bits per heavy atom. The van der Waals surface area contributed by atoms with Crippen LogP contribution in [0.15, 0.2) is 249 Å². The van der Waals surface area contributed by atoms with E-state index in [1.54, 1.807) is 0 Å². The van der Waals surface area contributed by atoms with Gasteiger partial charge in [-0.25, -0.2) is 0 Å². The maximum atomic E-state index is 2.54. The predicted octanol–water partition coefficient (Wildman–Crippen LogP) is 17.6. The first-order chi connectivity index (χ1) is 33.7. The summed E-state index contributed by atoms with van der Waals surface area (Å²) in [5, 5.41) is 10.0. The van der Waals surface area contributed by atoms with E-state index in [9.17, 15) is 0 Å². The van der Waals surface area contributed by atoms with Crippen LogP contribution >= 0.6 is 0 Å². The number of rotatable bonds is 4. The third-order valence-electron chi connectivity index (χ3n) is 15.4. The van der Waals surface area contributed by atoms with E-state index in [4.69, 9.17) is 0 Å². The molecular weight excluding hydrogens is 819 g/mol. The van der Waals surface area contributed by atoms with Crippen LogP contribution in [-0.4, -0.2) is 4.57 Å². The smallest absolute Gasteiger partial charge is 0.0725 e. The molecule has 0 N–H and O–H groups in total. The fourth-order valence-electron chi connectivity index (χ4n) is 12.6. The molecule has 0 bridgehead atoms. The number of benzene rings is 12. The average Bonchev–Trinajstić information content (AvgIpc) is 4.01. The molecule has 2 aliphatic rings. The van der Waals surface area contributed by atoms with Crippen LogP contribution in [0.3, 0.4) is 0 Å². The summed E-state index contributed by atoms with van der Waals surface area (Å²) < 4.78 is 2.43. The molecule has 0 amide bonds. The lowest BCUT2D eigenvalue weighted by Gasteiger charge is -2.30. The first-order valence-corrected chi connectivity index (χ1v) is 23.7. The molecule has 0 aliphatic heterocycles. The van der Waals surface area contributed by atoms with Gasteiger partial charge in [0.1, 0.15) is 0 Å². The lowest BCUT2D eigenvalue weighted by Crippen LogP contribution is -2.25. The van der Waals surface area contributed by atoms with Gasteiger partial charge in [0, 0.05) is 16.5 Å². The minimum Gasteiger partial charge on any atom is -0.309 e. The largest absolute Gasteiger partial charge is 0.309 e. The van der Waals surface area contributed by atoms with E-state index in [1.807, 2.05) is 0 Å². The first-order valence-electron chi connectivity index (χ1n) is 23.7. The van der Waals surface area contributed by atoms with Gasteiger partial charge >= 0.3 is 0 Å². The summed E-state index contributed by atoms with van der Waals surface area (Å²) >= 11 is 0. The van der Waals surface area contributed by atoms with E-state index in [1.165, 1.54) is 132 Å². The van der Waals surface area contributed by atoms with E-state index in [2.05, 4.69) is 253 Å². The Balaban J connectivity index is 0.892. The molecule has 0 saturated carbocycles. The highest BCUT2D eigenvalue weighted by atomic mass is 15.0. The number of nitrogens with zero attached hydrogens (tertiary/aromatic N) is 1. The topological polar surface area (TPSA) is 4.93 Å². The van der Waals surface area contributed by atoms with Crippen molar-refractivity contribution in [2.45, 2.75) is 5.41 Å². The van der Waals surface area contributed by atoms with Crippen molar-refractivity contribution in [3.05, 3.63) is 271 Å². The minimum atomic E-state index is -0.404. The lowest BCUT2D eigenvalue weighted by atomic mass is 9.70. The molecule has 2 aliphatic carbocycles. The summed E-state index contributed by atoms with van der Waals surface area (Å²) in [6.07, 6.45) is 0. The number of para-hydroxylation sites is 1. The standard InChI is InChI=1S/C67H41N/c1-2-16-44-39-45(30-29-42(44)15-1)46-34-38-64-58(40-46)53-20-10-14-28-63(53)68(64)48-35-31-43(32-36-48)65-54-21-3-5-23-56(54)66(57-24-6-4-22-55(57)65)47-33-37-52-51-19-9-13-27-61(51)67(62(52)41-47)59-25-11-7-17-49(59)50-18-8-12-26-60(50)67/h1-41H. The number of aromatic nitrogens is 1. The fourth-order valence-corrected chi connectivity index (χ4v) is 12.6. The molecule has 1 heterocycles. The molecule has 0 radical (unpaired) electrons. The average molecular weight is 860 g/mol. The van der Waals surface area contributed by atoms with Gasteiger partial charge < -0.3 is 4.57 Å². The van der Waals surface area contributed by atoms with Crippen LogP contribution in [0.2, 0.25) is 0 Å². The van der Waals surface area contributed by atoms with Gasteiger partial charge in [0.2, 0.25) is 0 Å². The molecular formula is C67H41N. The third-order valence-corrected chi connectivity index (χ3v) is 15.4. The molecule has 0 fully saturated rings. The second kappa shape index (κ2) is 14.1. The molecule has 15 rings (SSSR count). The summed E-state index contributed by atoms with van der Waals surface area (Å²) in [4.78, 5) is 0. The summed E-state index contributed by atoms with van der Waals surface area (Å²) in [6, 6.07) is 93.1. The lowest BCUT2D eigenvalue weighted by molar-refractivity contribution is 0.794. The summed E-state index contributed by atoms with van der Waals surface area (Å²) in [5.41, 5.74) is 21.3. The number of fused-ring (bicyclic) bond motifs is 16. The summed E-state index contributed by atoms with van der Waals surface area (Å²) in [7, 11) is 0. The van der Waals surface area contributed by atoms with Crippen molar-refractivity contribution in [2.24, 2.45) is 0 Å². The van der Waals surface area contributed by atoms with Gasteiger partial charge in [-0.2, -0.15) is 0 Å². The Morgan fingerprint density at radius 2 is 0.691 bits per heavy atom. The Kier molecular flexibility index (Phi) is 7.77. The highest BCUT2D eigenvalue weighted by Crippen LogP contribution is 2.63. The SMILES string of the molecule is c1ccc2c(c1)-c1ccccc1C21c2ccccc2-c2ccc(-c3c4ccccc4c(-c4ccc(-n5c6ccccc6c6cc(-c7ccc8ccccc8c7)ccc65)cc4)c4ccccc34)cc21. The van der Waals surface area contributed by atoms with Gasteiger partial charge in [-0.05, 0) is 153 Å². The first kappa shape index (κ1) is 37.4. The molecule has 0 saturated heterocycles. The Hall–Kier alpha value is -8.78. The fraction of sp³-hybridized carbons (Fsp3) is 0.0149. The molecule has 1 spiro atoms. The van der Waals surface area contributed by atoms with Crippen LogP contribution < -0.4 is 0 Å². The number of hydrogen-bond acceptors (Lipinski definition) is 0. The van der Waals surface area contributed by atoms with Crippen molar-refractivity contribution >= 4 is 54.1 Å². The molecule has 12 aromatic carbocycles. The maximum Gasteiger partial charge on any atom is 0.0725 e. The van der Waals surface area contributed by atoms with Crippen molar-refractivity contribution in [2.75, 3.05) is 0 Å². The van der Waals surface area contributed by atoms with Crippen molar-refractivity contribution < 1.29 is 0 Å². The van der Waals surface area contributed by atoms with Crippen LogP contribution in [0.4, 0.5) is 0 Å². The quantitative estimate of drug-likeness (QED) is 0.155. The van der Waals surface area contributed by atoms with E-state index in [0.29, 0.717) is 0 Å². The van der Waals surface area contributed by atoms with E-state index in [-0.39, 0.29) is 0 Å². The van der Waals surface area contributed by atoms with Gasteiger partial charge in [0.05, 0.1) is 16.4 Å². The molecule has 1 heteroatoms. The molecule has 13 aromatic rings. The summed E-state index contributed by atoms with van der Waals surface area (Å²) in [6.45, 7) is 0. The van der Waals surface area contributed by atoms with Gasteiger partial charge in [-0.15, -0.1) is 0 Å². The van der Waals surface area contributed by atoms with E-state index < -0.39 is 5.41 Å². The van der Waals surface area contributed by atoms with Crippen LogP contribution in [0, 0.1) is 0 Å². The Morgan fingerprint density at radius 1 is 0.250 bits per heavy atom. The Bertz CT molecular complexity index is 4140. The highest BCUT2D eigenvalue weighted by molar-refractivity contribution is 6.22. The van der Waals surface area contributed by atoms with Crippen molar-refractivity contribution in [1.82, 2.24) is 4.57 Å². The molecule has 0 unspecified atom stereocenters. The second-order valence-corrected chi connectivity index (χ2v) is 18.7. The maximum absolute atomic E-state index is 2.54. The number of hydrogen-bond donors (Lipinski definition) is 0. The molecule has 1 aromatic heterocycles. The summed E-state index contributed by atoms with van der Waals surface area (Å²) in [5.74, 6) is 0. The zero-order valence-corrected chi connectivity index (χ0v) is 37.1. The Labute approximate surface area is 394 Å². The van der Waals surface area contributed by atoms with Crippen LogP contribution in [0.5, 0.6) is 0 Å². The minimum absolute atomic E-state index is 0.404. The van der Waals surface area contributed by atoms with Gasteiger partial charge in [0.15, 0.2) is 0 Å². The van der Waals surface area contributed by atoms with Gasteiger partial charge in [-0.1, -0.05) is 206 Å². The molecule has 68 heavy (non-hydrogen) atoms.